The summed E-state index contributed by atoms with van der Waals surface area (Å²) < 4.78 is 38.6. The molecule has 0 fully saturated rings. The largest absolute Gasteiger partial charge is 0.417 e. The molecule has 0 aliphatic carbocycles. The molecule has 0 unspecified atom stereocenters. The Hall–Kier alpha value is -3.06. The van der Waals surface area contributed by atoms with Crippen LogP contribution in [0.1, 0.15) is 53.5 Å². The number of aromatic nitrogens is 1. The Morgan fingerprint density at radius 1 is 1.00 bits per heavy atom. The molecule has 4 nitrogen and oxygen atoms in total. The number of halogens is 4. The molecule has 0 atom stereocenters. The van der Waals surface area contributed by atoms with Gasteiger partial charge in [0.05, 0.1) is 11.1 Å². The van der Waals surface area contributed by atoms with Gasteiger partial charge in [0.25, 0.3) is 5.91 Å². The van der Waals surface area contributed by atoms with E-state index in [1.807, 2.05) is 24.3 Å². The van der Waals surface area contributed by atoms with Crippen molar-refractivity contribution in [2.24, 2.45) is 0 Å². The highest BCUT2D eigenvalue weighted by molar-refractivity contribution is 6.31. The van der Waals surface area contributed by atoms with E-state index in [-0.39, 0.29) is 17.9 Å². The molecule has 2 aromatic carbocycles. The Morgan fingerprint density at radius 2 is 1.66 bits per heavy atom. The number of rotatable bonds is 7. The summed E-state index contributed by atoms with van der Waals surface area (Å²) in [5, 5.41) is 3.45. The third-order valence-electron chi connectivity index (χ3n) is 5.75. The molecular weight excluding hydrogens is 475 g/mol. The first-order chi connectivity index (χ1) is 16.4. The van der Waals surface area contributed by atoms with Crippen LogP contribution in [0.25, 0.3) is 0 Å². The van der Waals surface area contributed by atoms with Gasteiger partial charge in [-0.25, -0.2) is 0 Å². The zero-order chi connectivity index (χ0) is 25.8. The van der Waals surface area contributed by atoms with Crippen LogP contribution in [0, 0.1) is 0 Å². The van der Waals surface area contributed by atoms with E-state index in [4.69, 9.17) is 11.6 Å². The monoisotopic (exact) mass is 503 g/mol. The fourth-order valence-corrected chi connectivity index (χ4v) is 3.83. The summed E-state index contributed by atoms with van der Waals surface area (Å²) in [5.41, 5.74) is 2.86. The van der Waals surface area contributed by atoms with E-state index in [9.17, 15) is 18.0 Å². The Morgan fingerprint density at radius 3 is 2.20 bits per heavy atom. The third kappa shape index (κ3) is 6.98. The second-order valence-electron chi connectivity index (χ2n) is 9.40. The van der Waals surface area contributed by atoms with E-state index >= 15 is 0 Å². The number of anilines is 1. The molecule has 1 aromatic heterocycles. The molecule has 35 heavy (non-hydrogen) atoms. The second kappa shape index (κ2) is 10.7. The Labute approximate surface area is 209 Å². The molecule has 0 bridgehead atoms. The molecule has 1 heterocycles. The van der Waals surface area contributed by atoms with Crippen molar-refractivity contribution in [3.63, 3.8) is 0 Å². The first kappa shape index (κ1) is 26.5. The lowest BCUT2D eigenvalue weighted by atomic mass is 9.87. The summed E-state index contributed by atoms with van der Waals surface area (Å²) >= 11 is 6.17. The molecule has 0 aliphatic heterocycles. The molecule has 0 saturated heterocycles. The van der Waals surface area contributed by atoms with Crippen molar-refractivity contribution in [1.29, 1.82) is 0 Å². The highest BCUT2D eigenvalue weighted by Crippen LogP contribution is 2.29. The number of alkyl halides is 3. The van der Waals surface area contributed by atoms with Crippen molar-refractivity contribution in [2.75, 3.05) is 18.9 Å². The SMILES string of the molecule is CNc1ccc(Cl)cc1C(=O)N(CCc1ccc(C(F)(F)F)cn1)Cc1ccc(C(C)(C)C)cc1. The molecule has 1 amide bonds. The lowest BCUT2D eigenvalue weighted by Crippen LogP contribution is -2.33. The van der Waals surface area contributed by atoms with Crippen LogP contribution < -0.4 is 5.32 Å². The second-order valence-corrected chi connectivity index (χ2v) is 9.84. The van der Waals surface area contributed by atoms with Crippen LogP contribution in [0.5, 0.6) is 0 Å². The minimum Gasteiger partial charge on any atom is -0.387 e. The van der Waals surface area contributed by atoms with Crippen molar-refractivity contribution < 1.29 is 18.0 Å². The summed E-state index contributed by atoms with van der Waals surface area (Å²) in [6.45, 7) is 7.00. The van der Waals surface area contributed by atoms with Gasteiger partial charge in [0.1, 0.15) is 0 Å². The topological polar surface area (TPSA) is 45.2 Å². The summed E-state index contributed by atoms with van der Waals surface area (Å²) in [6.07, 6.45) is -3.31. The summed E-state index contributed by atoms with van der Waals surface area (Å²) in [6, 6.07) is 15.5. The Bertz CT molecular complexity index is 1150. The van der Waals surface area contributed by atoms with E-state index in [0.717, 1.165) is 17.8 Å². The molecule has 8 heteroatoms. The fraction of sp³-hybridized carbons (Fsp3) is 0.333. The van der Waals surface area contributed by atoms with E-state index in [2.05, 4.69) is 31.1 Å². The van der Waals surface area contributed by atoms with Crippen LogP contribution >= 0.6 is 11.6 Å². The molecule has 0 saturated carbocycles. The van der Waals surface area contributed by atoms with Gasteiger partial charge in [-0.05, 0) is 46.9 Å². The quantitative estimate of drug-likeness (QED) is 0.378. The fourth-order valence-electron chi connectivity index (χ4n) is 3.65. The van der Waals surface area contributed by atoms with E-state index in [1.54, 1.807) is 30.1 Å². The van der Waals surface area contributed by atoms with E-state index in [0.29, 0.717) is 34.9 Å². The molecule has 0 spiro atoms. The predicted octanol–water partition coefficient (Wildman–Crippen LogP) is 6.98. The molecule has 3 aromatic rings. The molecule has 0 radical (unpaired) electrons. The van der Waals surface area contributed by atoms with Gasteiger partial charge in [-0.3, -0.25) is 9.78 Å². The van der Waals surface area contributed by atoms with Gasteiger partial charge < -0.3 is 10.2 Å². The minimum atomic E-state index is -4.44. The third-order valence-corrected chi connectivity index (χ3v) is 5.99. The zero-order valence-corrected chi connectivity index (χ0v) is 21.0. The zero-order valence-electron chi connectivity index (χ0n) is 20.2. The number of benzene rings is 2. The number of nitrogens with zero attached hydrogens (tertiary/aromatic N) is 2. The van der Waals surface area contributed by atoms with Crippen LogP contribution in [0.15, 0.2) is 60.8 Å². The van der Waals surface area contributed by atoms with Gasteiger partial charge in [-0.15, -0.1) is 0 Å². The lowest BCUT2D eigenvalue weighted by molar-refractivity contribution is -0.137. The number of amides is 1. The number of carbonyl (C=O) groups excluding carboxylic acids is 1. The van der Waals surface area contributed by atoms with Crippen molar-refractivity contribution in [1.82, 2.24) is 9.88 Å². The molecule has 186 valence electrons. The Kier molecular flexibility index (Phi) is 8.11. The van der Waals surface area contributed by atoms with E-state index < -0.39 is 11.7 Å². The maximum absolute atomic E-state index is 13.6. The number of pyridine rings is 1. The average molecular weight is 504 g/mol. The summed E-state index contributed by atoms with van der Waals surface area (Å²) in [5.74, 6) is -0.233. The lowest BCUT2D eigenvalue weighted by Gasteiger charge is -2.25. The molecular formula is C27H29ClF3N3O. The number of hydrogen-bond donors (Lipinski definition) is 1. The van der Waals surface area contributed by atoms with Crippen molar-refractivity contribution in [3.8, 4) is 0 Å². The first-order valence-electron chi connectivity index (χ1n) is 11.3. The predicted molar refractivity (Wildman–Crippen MR) is 134 cm³/mol. The van der Waals surface area contributed by atoms with Crippen LogP contribution in [0.4, 0.5) is 18.9 Å². The van der Waals surface area contributed by atoms with Gasteiger partial charge in [0.15, 0.2) is 0 Å². The highest BCUT2D eigenvalue weighted by atomic mass is 35.5. The molecule has 3 rings (SSSR count). The summed E-state index contributed by atoms with van der Waals surface area (Å²) in [7, 11) is 1.72. The summed E-state index contributed by atoms with van der Waals surface area (Å²) in [4.78, 5) is 19.2. The van der Waals surface area contributed by atoms with Crippen molar-refractivity contribution in [3.05, 3.63) is 93.8 Å². The van der Waals surface area contributed by atoms with Crippen LogP contribution in [-0.4, -0.2) is 29.4 Å². The maximum Gasteiger partial charge on any atom is 0.417 e. The van der Waals surface area contributed by atoms with Crippen LogP contribution in [0.2, 0.25) is 5.02 Å². The highest BCUT2D eigenvalue weighted by Gasteiger charge is 2.30. The van der Waals surface area contributed by atoms with Gasteiger partial charge >= 0.3 is 6.18 Å². The van der Waals surface area contributed by atoms with Gasteiger partial charge in [0.2, 0.25) is 0 Å². The van der Waals surface area contributed by atoms with Crippen LogP contribution in [-0.2, 0) is 24.6 Å². The number of hydrogen-bond acceptors (Lipinski definition) is 3. The standard InChI is InChI=1S/C27H29ClF3N3O/c1-26(2,3)19-7-5-18(6-8-19)17-34(25(35)23-15-21(28)10-12-24(23)32-4)14-13-22-11-9-20(16-33-22)27(29,30)31/h5-12,15-16,32H,13-14,17H2,1-4H3. The van der Waals surface area contributed by atoms with Gasteiger partial charge in [-0.2, -0.15) is 13.2 Å². The molecule has 0 aliphatic rings. The Balaban J connectivity index is 1.86. The van der Waals surface area contributed by atoms with Crippen LogP contribution in [0.3, 0.4) is 0 Å². The minimum absolute atomic E-state index is 0.00473. The van der Waals surface area contributed by atoms with E-state index in [1.165, 1.54) is 11.6 Å². The number of nitrogens with one attached hydrogen (secondary N) is 1. The van der Waals surface area contributed by atoms with Gasteiger partial charge in [-0.1, -0.05) is 56.6 Å². The van der Waals surface area contributed by atoms with Crippen molar-refractivity contribution in [2.45, 2.75) is 45.3 Å². The van der Waals surface area contributed by atoms with Crippen molar-refractivity contribution >= 4 is 23.2 Å². The number of carbonyl (C=O) groups is 1. The average Bonchev–Trinajstić information content (AvgIpc) is 2.80. The van der Waals surface area contributed by atoms with Gasteiger partial charge in [0, 0.05) is 49.2 Å². The molecule has 1 N–H and O–H groups in total. The maximum atomic E-state index is 13.6. The normalized spacial score (nSPS) is 11.9. The smallest absolute Gasteiger partial charge is 0.387 e. The first-order valence-corrected chi connectivity index (χ1v) is 11.6.